The van der Waals surface area contributed by atoms with Crippen molar-refractivity contribution >= 4 is 5.78 Å². The molecule has 11 heavy (non-hydrogen) atoms. The third-order valence-electron chi connectivity index (χ3n) is 2.03. The Morgan fingerprint density at radius 3 is 2.82 bits per heavy atom. The summed E-state index contributed by atoms with van der Waals surface area (Å²) in [4.78, 5) is 10.8. The first-order chi connectivity index (χ1) is 5.22. The van der Waals surface area contributed by atoms with E-state index in [9.17, 15) is 4.79 Å². The average Bonchev–Trinajstić information content (AvgIpc) is 2.35. The molecule has 0 atom stereocenters. The van der Waals surface area contributed by atoms with Crippen LogP contribution in [-0.4, -0.2) is 5.78 Å². The van der Waals surface area contributed by atoms with Crippen LogP contribution in [0.5, 0.6) is 0 Å². The fourth-order valence-corrected chi connectivity index (χ4v) is 1.24. The lowest BCUT2D eigenvalue weighted by atomic mass is 10.0. The standard InChI is InChI=1S/C10H14O/c1-3-8(2)6-9-4-5-10(11)7-9/h7H,2-6H2,1H3. The van der Waals surface area contributed by atoms with Gasteiger partial charge in [0.05, 0.1) is 0 Å². The van der Waals surface area contributed by atoms with E-state index >= 15 is 0 Å². The smallest absolute Gasteiger partial charge is 0.155 e. The zero-order valence-electron chi connectivity index (χ0n) is 7.02. The quantitative estimate of drug-likeness (QED) is 0.565. The highest BCUT2D eigenvalue weighted by Crippen LogP contribution is 2.22. The predicted octanol–water partition coefficient (Wildman–Crippen LogP) is 2.63. The van der Waals surface area contributed by atoms with Crippen molar-refractivity contribution in [2.45, 2.75) is 32.6 Å². The molecule has 1 aliphatic rings. The monoisotopic (exact) mass is 150 g/mol. The van der Waals surface area contributed by atoms with Crippen LogP contribution in [0, 0.1) is 0 Å². The van der Waals surface area contributed by atoms with Gasteiger partial charge in [0.25, 0.3) is 0 Å². The van der Waals surface area contributed by atoms with E-state index in [1.54, 1.807) is 6.08 Å². The van der Waals surface area contributed by atoms with Crippen molar-refractivity contribution in [2.75, 3.05) is 0 Å². The molecule has 0 aromatic carbocycles. The summed E-state index contributed by atoms with van der Waals surface area (Å²) in [6.45, 7) is 6.01. The number of rotatable bonds is 3. The molecular weight excluding hydrogens is 136 g/mol. The molecule has 1 rings (SSSR count). The van der Waals surface area contributed by atoms with E-state index in [0.717, 1.165) is 19.3 Å². The summed E-state index contributed by atoms with van der Waals surface area (Å²) in [6, 6.07) is 0. The van der Waals surface area contributed by atoms with Gasteiger partial charge in [-0.1, -0.05) is 24.6 Å². The van der Waals surface area contributed by atoms with E-state index in [1.165, 1.54) is 11.1 Å². The molecule has 0 saturated carbocycles. The molecule has 0 spiro atoms. The fourth-order valence-electron chi connectivity index (χ4n) is 1.24. The van der Waals surface area contributed by atoms with Crippen LogP contribution in [0.25, 0.3) is 0 Å². The molecule has 0 unspecified atom stereocenters. The molecule has 0 heterocycles. The van der Waals surface area contributed by atoms with Crippen molar-refractivity contribution in [3.8, 4) is 0 Å². The van der Waals surface area contributed by atoms with Gasteiger partial charge in [0.15, 0.2) is 5.78 Å². The number of hydrogen-bond acceptors (Lipinski definition) is 1. The average molecular weight is 150 g/mol. The third kappa shape index (κ3) is 2.34. The van der Waals surface area contributed by atoms with Gasteiger partial charge in [-0.2, -0.15) is 0 Å². The summed E-state index contributed by atoms with van der Waals surface area (Å²) in [6.07, 6.45) is 5.40. The molecule has 0 bridgehead atoms. The zero-order valence-corrected chi connectivity index (χ0v) is 7.02. The van der Waals surface area contributed by atoms with E-state index < -0.39 is 0 Å². The van der Waals surface area contributed by atoms with Crippen LogP contribution in [0.2, 0.25) is 0 Å². The predicted molar refractivity (Wildman–Crippen MR) is 46.4 cm³/mol. The summed E-state index contributed by atoms with van der Waals surface area (Å²) in [5, 5.41) is 0. The van der Waals surface area contributed by atoms with Crippen LogP contribution in [0.15, 0.2) is 23.8 Å². The minimum Gasteiger partial charge on any atom is -0.295 e. The number of carbonyl (C=O) groups excluding carboxylic acids is 1. The molecule has 0 radical (unpaired) electrons. The van der Waals surface area contributed by atoms with Gasteiger partial charge in [0, 0.05) is 6.42 Å². The van der Waals surface area contributed by atoms with Gasteiger partial charge >= 0.3 is 0 Å². The molecule has 0 aliphatic heterocycles. The van der Waals surface area contributed by atoms with Crippen LogP contribution in [0.3, 0.4) is 0 Å². The molecule has 1 nitrogen and oxygen atoms in total. The minimum atomic E-state index is 0.281. The Hall–Kier alpha value is -0.850. The molecule has 0 amide bonds. The molecule has 0 aromatic heterocycles. The van der Waals surface area contributed by atoms with E-state index in [1.807, 2.05) is 0 Å². The number of allylic oxidation sites excluding steroid dienone is 3. The zero-order chi connectivity index (χ0) is 8.27. The Morgan fingerprint density at radius 2 is 2.36 bits per heavy atom. The Labute approximate surface area is 67.8 Å². The molecule has 60 valence electrons. The van der Waals surface area contributed by atoms with Gasteiger partial charge in [0.2, 0.25) is 0 Å². The van der Waals surface area contributed by atoms with Crippen molar-refractivity contribution in [3.05, 3.63) is 23.8 Å². The first kappa shape index (κ1) is 8.25. The molecule has 0 N–H and O–H groups in total. The summed E-state index contributed by atoms with van der Waals surface area (Å²) in [5.41, 5.74) is 2.49. The number of carbonyl (C=O) groups is 1. The second kappa shape index (κ2) is 3.51. The van der Waals surface area contributed by atoms with Crippen LogP contribution < -0.4 is 0 Å². The Morgan fingerprint density at radius 1 is 1.64 bits per heavy atom. The van der Waals surface area contributed by atoms with Crippen molar-refractivity contribution in [3.63, 3.8) is 0 Å². The first-order valence-electron chi connectivity index (χ1n) is 4.11. The van der Waals surface area contributed by atoms with Crippen LogP contribution >= 0.6 is 0 Å². The Kier molecular flexibility index (Phi) is 2.64. The highest BCUT2D eigenvalue weighted by atomic mass is 16.1. The fraction of sp³-hybridized carbons (Fsp3) is 0.500. The molecular formula is C10H14O. The topological polar surface area (TPSA) is 17.1 Å². The lowest BCUT2D eigenvalue weighted by Crippen LogP contribution is -1.81. The van der Waals surface area contributed by atoms with Crippen LogP contribution in [0.4, 0.5) is 0 Å². The molecule has 0 fully saturated rings. The second-order valence-electron chi connectivity index (χ2n) is 3.05. The molecule has 1 heteroatoms. The summed E-state index contributed by atoms with van der Waals surface area (Å²) < 4.78 is 0. The van der Waals surface area contributed by atoms with Crippen LogP contribution in [-0.2, 0) is 4.79 Å². The van der Waals surface area contributed by atoms with E-state index in [0.29, 0.717) is 6.42 Å². The van der Waals surface area contributed by atoms with Gasteiger partial charge in [-0.25, -0.2) is 0 Å². The van der Waals surface area contributed by atoms with E-state index in [2.05, 4.69) is 13.5 Å². The summed E-state index contributed by atoms with van der Waals surface area (Å²) in [7, 11) is 0. The highest BCUT2D eigenvalue weighted by molar-refractivity contribution is 5.93. The summed E-state index contributed by atoms with van der Waals surface area (Å²) in [5.74, 6) is 0.281. The maximum absolute atomic E-state index is 10.8. The maximum atomic E-state index is 10.8. The second-order valence-corrected chi connectivity index (χ2v) is 3.05. The van der Waals surface area contributed by atoms with Gasteiger partial charge in [-0.3, -0.25) is 4.79 Å². The largest absolute Gasteiger partial charge is 0.295 e. The number of ketones is 1. The van der Waals surface area contributed by atoms with E-state index in [4.69, 9.17) is 0 Å². The van der Waals surface area contributed by atoms with Crippen molar-refractivity contribution in [2.24, 2.45) is 0 Å². The summed E-state index contributed by atoms with van der Waals surface area (Å²) >= 11 is 0. The molecule has 1 aliphatic carbocycles. The van der Waals surface area contributed by atoms with Crippen molar-refractivity contribution < 1.29 is 4.79 Å². The van der Waals surface area contributed by atoms with Gasteiger partial charge in [0.1, 0.15) is 0 Å². The molecule has 0 aromatic rings. The lowest BCUT2D eigenvalue weighted by molar-refractivity contribution is -0.114. The lowest BCUT2D eigenvalue weighted by Gasteiger charge is -2.01. The normalized spacial score (nSPS) is 16.8. The van der Waals surface area contributed by atoms with Crippen molar-refractivity contribution in [1.82, 2.24) is 0 Å². The van der Waals surface area contributed by atoms with Crippen LogP contribution in [0.1, 0.15) is 32.6 Å². The van der Waals surface area contributed by atoms with Crippen molar-refractivity contribution in [1.29, 1.82) is 0 Å². The molecule has 0 saturated heterocycles. The Bertz CT molecular complexity index is 211. The Balaban J connectivity index is 2.44. The van der Waals surface area contributed by atoms with Gasteiger partial charge < -0.3 is 0 Å². The maximum Gasteiger partial charge on any atom is 0.155 e. The minimum absolute atomic E-state index is 0.281. The SMILES string of the molecule is C=C(CC)CC1=CC(=O)CC1. The number of hydrogen-bond donors (Lipinski definition) is 0. The van der Waals surface area contributed by atoms with Gasteiger partial charge in [-0.05, 0) is 25.3 Å². The third-order valence-corrected chi connectivity index (χ3v) is 2.03. The van der Waals surface area contributed by atoms with Gasteiger partial charge in [-0.15, -0.1) is 0 Å². The first-order valence-corrected chi connectivity index (χ1v) is 4.11. The highest BCUT2D eigenvalue weighted by Gasteiger charge is 2.11. The van der Waals surface area contributed by atoms with E-state index in [-0.39, 0.29) is 5.78 Å².